The molecular formula is C21H21N5OS. The SMILES string of the molecule is Cc1cc(C(=O)NCCc2ccc(-n3cccn3)cc2)c(C)n1-c1nccs1. The molecule has 4 rings (SSSR count). The lowest BCUT2D eigenvalue weighted by atomic mass is 10.1. The van der Waals surface area contributed by atoms with Crippen molar-refractivity contribution in [3.05, 3.63) is 82.9 Å². The quantitative estimate of drug-likeness (QED) is 0.545. The number of carbonyl (C=O) groups is 1. The molecule has 1 amide bonds. The molecule has 4 aromatic rings. The zero-order chi connectivity index (χ0) is 19.5. The topological polar surface area (TPSA) is 64.7 Å². The molecule has 0 unspecified atom stereocenters. The van der Waals surface area contributed by atoms with Crippen LogP contribution in [0.2, 0.25) is 0 Å². The maximum absolute atomic E-state index is 12.6. The van der Waals surface area contributed by atoms with E-state index in [1.807, 2.05) is 58.9 Å². The van der Waals surface area contributed by atoms with Crippen LogP contribution in [0.3, 0.4) is 0 Å². The maximum Gasteiger partial charge on any atom is 0.253 e. The molecule has 0 saturated carbocycles. The van der Waals surface area contributed by atoms with Crippen molar-refractivity contribution in [1.29, 1.82) is 0 Å². The lowest BCUT2D eigenvalue weighted by Crippen LogP contribution is -2.26. The molecule has 3 aromatic heterocycles. The fourth-order valence-electron chi connectivity index (χ4n) is 3.27. The number of rotatable bonds is 6. The molecule has 142 valence electrons. The monoisotopic (exact) mass is 391 g/mol. The molecule has 0 aliphatic rings. The molecule has 1 N–H and O–H groups in total. The first kappa shape index (κ1) is 18.2. The summed E-state index contributed by atoms with van der Waals surface area (Å²) >= 11 is 1.56. The van der Waals surface area contributed by atoms with Crippen LogP contribution < -0.4 is 5.32 Å². The summed E-state index contributed by atoms with van der Waals surface area (Å²) in [6.07, 6.45) is 6.22. The Morgan fingerprint density at radius 1 is 1.18 bits per heavy atom. The lowest BCUT2D eigenvalue weighted by Gasteiger charge is -2.08. The zero-order valence-electron chi connectivity index (χ0n) is 15.8. The highest BCUT2D eigenvalue weighted by atomic mass is 32.1. The van der Waals surface area contributed by atoms with Crippen molar-refractivity contribution in [3.63, 3.8) is 0 Å². The number of nitrogens with one attached hydrogen (secondary N) is 1. The number of nitrogens with zero attached hydrogens (tertiary/aromatic N) is 4. The van der Waals surface area contributed by atoms with Crippen molar-refractivity contribution in [2.24, 2.45) is 0 Å². The summed E-state index contributed by atoms with van der Waals surface area (Å²) in [5, 5.41) is 10.1. The summed E-state index contributed by atoms with van der Waals surface area (Å²) in [4.78, 5) is 17.0. The van der Waals surface area contributed by atoms with E-state index in [1.54, 1.807) is 23.7 Å². The minimum Gasteiger partial charge on any atom is -0.352 e. The van der Waals surface area contributed by atoms with E-state index in [4.69, 9.17) is 0 Å². The summed E-state index contributed by atoms with van der Waals surface area (Å²) in [6, 6.07) is 12.0. The number of aryl methyl sites for hydroxylation is 1. The molecular weight excluding hydrogens is 370 g/mol. The third-order valence-electron chi connectivity index (χ3n) is 4.69. The Kier molecular flexibility index (Phi) is 5.08. The number of thiazole rings is 1. The van der Waals surface area contributed by atoms with Crippen LogP contribution in [0.1, 0.15) is 27.3 Å². The van der Waals surface area contributed by atoms with Crippen LogP contribution in [0.25, 0.3) is 10.8 Å². The summed E-state index contributed by atoms with van der Waals surface area (Å²) in [6.45, 7) is 4.53. The average Bonchev–Trinajstić information content (AvgIpc) is 3.44. The van der Waals surface area contributed by atoms with E-state index < -0.39 is 0 Å². The van der Waals surface area contributed by atoms with E-state index >= 15 is 0 Å². The number of hydrogen-bond donors (Lipinski definition) is 1. The fraction of sp³-hybridized carbons (Fsp3) is 0.190. The molecule has 3 heterocycles. The van der Waals surface area contributed by atoms with Gasteiger partial charge in [-0.25, -0.2) is 9.67 Å². The van der Waals surface area contributed by atoms with Gasteiger partial charge in [0.05, 0.1) is 11.3 Å². The maximum atomic E-state index is 12.6. The largest absolute Gasteiger partial charge is 0.352 e. The first-order chi connectivity index (χ1) is 13.6. The van der Waals surface area contributed by atoms with Gasteiger partial charge in [0, 0.05) is 41.9 Å². The van der Waals surface area contributed by atoms with E-state index in [9.17, 15) is 4.79 Å². The summed E-state index contributed by atoms with van der Waals surface area (Å²) in [5.41, 5.74) is 4.80. The van der Waals surface area contributed by atoms with Crippen LogP contribution >= 0.6 is 11.3 Å². The molecule has 0 bridgehead atoms. The average molecular weight is 392 g/mol. The highest BCUT2D eigenvalue weighted by Gasteiger charge is 2.17. The third-order valence-corrected chi connectivity index (χ3v) is 5.45. The lowest BCUT2D eigenvalue weighted by molar-refractivity contribution is 0.0953. The summed E-state index contributed by atoms with van der Waals surface area (Å²) in [5.74, 6) is -0.0518. The number of hydrogen-bond acceptors (Lipinski definition) is 4. The zero-order valence-corrected chi connectivity index (χ0v) is 16.6. The van der Waals surface area contributed by atoms with Crippen LogP contribution in [0.4, 0.5) is 0 Å². The predicted molar refractivity (Wildman–Crippen MR) is 111 cm³/mol. The van der Waals surface area contributed by atoms with Crippen LogP contribution in [-0.4, -0.2) is 31.8 Å². The van der Waals surface area contributed by atoms with Gasteiger partial charge in [0.15, 0.2) is 5.13 Å². The number of aromatic nitrogens is 4. The van der Waals surface area contributed by atoms with Crippen LogP contribution in [0.5, 0.6) is 0 Å². The minimum absolute atomic E-state index is 0.0518. The van der Waals surface area contributed by atoms with E-state index in [0.29, 0.717) is 12.1 Å². The number of carbonyl (C=O) groups excluding carboxylic acids is 1. The van der Waals surface area contributed by atoms with Crippen molar-refractivity contribution in [3.8, 4) is 10.8 Å². The fourth-order valence-corrected chi connectivity index (χ4v) is 4.02. The molecule has 0 fully saturated rings. The molecule has 0 aliphatic heterocycles. The Balaban J connectivity index is 1.38. The van der Waals surface area contributed by atoms with Crippen LogP contribution in [0, 0.1) is 13.8 Å². The van der Waals surface area contributed by atoms with E-state index in [2.05, 4.69) is 27.5 Å². The van der Waals surface area contributed by atoms with E-state index in [-0.39, 0.29) is 5.91 Å². The smallest absolute Gasteiger partial charge is 0.253 e. The summed E-state index contributed by atoms with van der Waals surface area (Å²) < 4.78 is 3.84. The van der Waals surface area contributed by atoms with Crippen molar-refractivity contribution in [1.82, 2.24) is 24.6 Å². The van der Waals surface area contributed by atoms with Gasteiger partial charge in [-0.1, -0.05) is 12.1 Å². The van der Waals surface area contributed by atoms with Crippen molar-refractivity contribution in [2.75, 3.05) is 6.54 Å². The van der Waals surface area contributed by atoms with Gasteiger partial charge in [-0.15, -0.1) is 11.3 Å². The van der Waals surface area contributed by atoms with Gasteiger partial charge in [-0.3, -0.25) is 9.36 Å². The second-order valence-electron chi connectivity index (χ2n) is 6.56. The Hall–Kier alpha value is -3.19. The van der Waals surface area contributed by atoms with Gasteiger partial charge >= 0.3 is 0 Å². The first-order valence-electron chi connectivity index (χ1n) is 9.09. The molecule has 6 nitrogen and oxygen atoms in total. The molecule has 0 atom stereocenters. The first-order valence-corrected chi connectivity index (χ1v) is 9.97. The number of amides is 1. The van der Waals surface area contributed by atoms with Crippen molar-refractivity contribution < 1.29 is 4.79 Å². The van der Waals surface area contributed by atoms with Crippen molar-refractivity contribution >= 4 is 17.2 Å². The van der Waals surface area contributed by atoms with Gasteiger partial charge in [-0.05, 0) is 50.1 Å². The van der Waals surface area contributed by atoms with Crippen LogP contribution in [0.15, 0.2) is 60.4 Å². The molecule has 28 heavy (non-hydrogen) atoms. The van der Waals surface area contributed by atoms with E-state index in [1.165, 1.54) is 5.56 Å². The normalized spacial score (nSPS) is 10.9. The molecule has 7 heteroatoms. The molecule has 0 aliphatic carbocycles. The Labute approximate surface area is 167 Å². The van der Waals surface area contributed by atoms with Crippen LogP contribution in [-0.2, 0) is 6.42 Å². The Bertz CT molecular complexity index is 1060. The minimum atomic E-state index is -0.0518. The third kappa shape index (κ3) is 3.61. The van der Waals surface area contributed by atoms with Gasteiger partial charge in [0.25, 0.3) is 5.91 Å². The van der Waals surface area contributed by atoms with Gasteiger partial charge in [0.1, 0.15) is 0 Å². The predicted octanol–water partition coefficient (Wildman–Crippen LogP) is 3.71. The number of benzene rings is 1. The van der Waals surface area contributed by atoms with Gasteiger partial charge in [0.2, 0.25) is 0 Å². The Morgan fingerprint density at radius 3 is 2.68 bits per heavy atom. The second-order valence-corrected chi connectivity index (χ2v) is 7.43. The van der Waals surface area contributed by atoms with E-state index in [0.717, 1.165) is 28.6 Å². The highest BCUT2D eigenvalue weighted by Crippen LogP contribution is 2.22. The molecule has 0 spiro atoms. The second kappa shape index (κ2) is 7.82. The standard InChI is InChI=1S/C21H21N5OS/c1-15-14-19(16(2)26(15)21-23-11-13-28-21)20(27)22-10-8-17-4-6-18(7-5-17)25-12-3-9-24-25/h3-7,9,11-14H,8,10H2,1-2H3,(H,22,27). The van der Waals surface area contributed by atoms with Crippen molar-refractivity contribution in [2.45, 2.75) is 20.3 Å². The van der Waals surface area contributed by atoms with Gasteiger partial charge < -0.3 is 5.32 Å². The Morgan fingerprint density at radius 2 is 2.00 bits per heavy atom. The highest BCUT2D eigenvalue weighted by molar-refractivity contribution is 7.12. The van der Waals surface area contributed by atoms with Gasteiger partial charge in [-0.2, -0.15) is 5.10 Å². The molecule has 0 radical (unpaired) electrons. The molecule has 0 saturated heterocycles. The molecule has 1 aromatic carbocycles. The summed E-state index contributed by atoms with van der Waals surface area (Å²) in [7, 11) is 0.